The van der Waals surface area contributed by atoms with Crippen molar-refractivity contribution in [1.82, 2.24) is 4.31 Å². The Morgan fingerprint density at radius 3 is 2.42 bits per heavy atom. The number of hydrogen-bond acceptors (Lipinski definition) is 5. The molecule has 0 bridgehead atoms. The number of benzene rings is 1. The van der Waals surface area contributed by atoms with E-state index in [1.165, 1.54) is 4.31 Å². The van der Waals surface area contributed by atoms with Crippen molar-refractivity contribution >= 4 is 15.7 Å². The van der Waals surface area contributed by atoms with Gasteiger partial charge in [-0.25, -0.2) is 8.42 Å². The second-order valence-corrected chi connectivity index (χ2v) is 6.13. The summed E-state index contributed by atoms with van der Waals surface area (Å²) in [5.74, 6) is 0. The number of nitrogens with zero attached hydrogens (tertiary/aromatic N) is 1. The standard InChI is InChI=1S/C12H18N2O4S/c15-8-5-13-11-1-3-12(4-2-11)19(16,17)14-6-9-18-10-7-14/h1-4,13,15H,5-10H2. The van der Waals surface area contributed by atoms with Gasteiger partial charge in [0.2, 0.25) is 10.0 Å². The number of anilines is 1. The minimum absolute atomic E-state index is 0.0355. The van der Waals surface area contributed by atoms with Crippen LogP contribution >= 0.6 is 0 Å². The number of aliphatic hydroxyl groups excluding tert-OH is 1. The SMILES string of the molecule is O=S(=O)(c1ccc(NCCO)cc1)N1CCOCC1. The molecule has 2 rings (SSSR count). The summed E-state index contributed by atoms with van der Waals surface area (Å²) in [5, 5.41) is 11.7. The molecule has 1 aliphatic rings. The summed E-state index contributed by atoms with van der Waals surface area (Å²) < 4.78 is 31.2. The molecule has 0 unspecified atom stereocenters. The first-order chi connectivity index (χ1) is 9.14. The van der Waals surface area contributed by atoms with Crippen LogP contribution in [0.4, 0.5) is 5.69 Å². The molecule has 0 atom stereocenters. The molecular weight excluding hydrogens is 268 g/mol. The molecule has 0 aliphatic carbocycles. The first-order valence-corrected chi connectivity index (χ1v) is 7.61. The molecule has 0 amide bonds. The smallest absolute Gasteiger partial charge is 0.243 e. The lowest BCUT2D eigenvalue weighted by Gasteiger charge is -2.26. The first kappa shape index (κ1) is 14.3. The van der Waals surface area contributed by atoms with E-state index < -0.39 is 10.0 Å². The molecule has 2 N–H and O–H groups in total. The molecule has 0 radical (unpaired) electrons. The Bertz CT molecular complexity index is 495. The van der Waals surface area contributed by atoms with Crippen LogP contribution in [0.2, 0.25) is 0 Å². The fourth-order valence-corrected chi connectivity index (χ4v) is 3.29. The lowest BCUT2D eigenvalue weighted by Crippen LogP contribution is -2.40. The number of morpholine rings is 1. The van der Waals surface area contributed by atoms with E-state index in [0.717, 1.165) is 5.69 Å². The summed E-state index contributed by atoms with van der Waals surface area (Å²) in [5.41, 5.74) is 0.787. The maximum atomic E-state index is 12.3. The Morgan fingerprint density at radius 1 is 1.21 bits per heavy atom. The molecule has 0 aromatic heterocycles. The summed E-state index contributed by atoms with van der Waals surface area (Å²) in [6.45, 7) is 2.15. The third kappa shape index (κ3) is 3.44. The van der Waals surface area contributed by atoms with Crippen molar-refractivity contribution in [2.75, 3.05) is 44.8 Å². The molecule has 1 fully saturated rings. The van der Waals surface area contributed by atoms with E-state index in [0.29, 0.717) is 32.8 Å². The lowest BCUT2D eigenvalue weighted by molar-refractivity contribution is 0.0730. The van der Waals surface area contributed by atoms with E-state index in [1.807, 2.05) is 0 Å². The Balaban J connectivity index is 2.11. The summed E-state index contributed by atoms with van der Waals surface area (Å²) >= 11 is 0. The van der Waals surface area contributed by atoms with Gasteiger partial charge in [-0.1, -0.05) is 0 Å². The van der Waals surface area contributed by atoms with Crippen molar-refractivity contribution < 1.29 is 18.3 Å². The maximum Gasteiger partial charge on any atom is 0.243 e. The predicted molar refractivity (Wildman–Crippen MR) is 71.6 cm³/mol. The van der Waals surface area contributed by atoms with E-state index in [-0.39, 0.29) is 11.5 Å². The molecule has 1 aliphatic heterocycles. The Kier molecular flexibility index (Phi) is 4.76. The number of rotatable bonds is 5. The van der Waals surface area contributed by atoms with Crippen LogP contribution in [0, 0.1) is 0 Å². The normalized spacial score (nSPS) is 17.3. The van der Waals surface area contributed by atoms with Crippen molar-refractivity contribution in [2.24, 2.45) is 0 Å². The highest BCUT2D eigenvalue weighted by Gasteiger charge is 2.25. The first-order valence-electron chi connectivity index (χ1n) is 6.17. The van der Waals surface area contributed by atoms with Gasteiger partial charge in [-0.3, -0.25) is 0 Å². The summed E-state index contributed by atoms with van der Waals surface area (Å²) in [7, 11) is -3.42. The highest BCUT2D eigenvalue weighted by Crippen LogP contribution is 2.19. The highest BCUT2D eigenvalue weighted by molar-refractivity contribution is 7.89. The van der Waals surface area contributed by atoms with Gasteiger partial charge >= 0.3 is 0 Å². The number of hydrogen-bond donors (Lipinski definition) is 2. The zero-order valence-corrected chi connectivity index (χ0v) is 11.4. The van der Waals surface area contributed by atoms with Gasteiger partial charge in [-0.2, -0.15) is 4.31 Å². The summed E-state index contributed by atoms with van der Waals surface area (Å²) in [6.07, 6.45) is 0. The average molecular weight is 286 g/mol. The second-order valence-electron chi connectivity index (χ2n) is 4.19. The topological polar surface area (TPSA) is 78.9 Å². The van der Waals surface area contributed by atoms with Gasteiger partial charge in [0.1, 0.15) is 0 Å². The van der Waals surface area contributed by atoms with E-state index in [9.17, 15) is 8.42 Å². The van der Waals surface area contributed by atoms with Gasteiger partial charge in [-0.15, -0.1) is 0 Å². The van der Waals surface area contributed by atoms with E-state index in [1.54, 1.807) is 24.3 Å². The second kappa shape index (κ2) is 6.33. The van der Waals surface area contributed by atoms with Crippen LogP contribution in [-0.4, -0.2) is 57.3 Å². The van der Waals surface area contributed by atoms with Crippen LogP contribution < -0.4 is 5.32 Å². The van der Waals surface area contributed by atoms with Crippen LogP contribution in [-0.2, 0) is 14.8 Å². The van der Waals surface area contributed by atoms with Crippen molar-refractivity contribution in [2.45, 2.75) is 4.90 Å². The molecule has 1 heterocycles. The molecular formula is C12H18N2O4S. The Labute approximate surface area is 113 Å². The van der Waals surface area contributed by atoms with Gasteiger partial charge in [0.25, 0.3) is 0 Å². The fraction of sp³-hybridized carbons (Fsp3) is 0.500. The van der Waals surface area contributed by atoms with Gasteiger partial charge in [0, 0.05) is 25.3 Å². The third-order valence-electron chi connectivity index (χ3n) is 2.90. The van der Waals surface area contributed by atoms with Crippen LogP contribution in [0.3, 0.4) is 0 Å². The van der Waals surface area contributed by atoms with Gasteiger partial charge in [0.15, 0.2) is 0 Å². The van der Waals surface area contributed by atoms with Gasteiger partial charge in [0.05, 0.1) is 24.7 Å². The van der Waals surface area contributed by atoms with Gasteiger partial charge in [-0.05, 0) is 24.3 Å². The monoisotopic (exact) mass is 286 g/mol. The molecule has 1 saturated heterocycles. The van der Waals surface area contributed by atoms with Crippen molar-refractivity contribution in [3.05, 3.63) is 24.3 Å². The molecule has 19 heavy (non-hydrogen) atoms. The third-order valence-corrected chi connectivity index (χ3v) is 4.82. The minimum atomic E-state index is -3.42. The minimum Gasteiger partial charge on any atom is -0.395 e. The number of nitrogens with one attached hydrogen (secondary N) is 1. The number of sulfonamides is 1. The van der Waals surface area contributed by atoms with Crippen LogP contribution in [0.5, 0.6) is 0 Å². The van der Waals surface area contributed by atoms with E-state index in [2.05, 4.69) is 5.32 Å². The lowest BCUT2D eigenvalue weighted by atomic mass is 10.3. The van der Waals surface area contributed by atoms with Crippen LogP contribution in [0.15, 0.2) is 29.2 Å². The Hall–Kier alpha value is -1.15. The Morgan fingerprint density at radius 2 is 1.84 bits per heavy atom. The summed E-state index contributed by atoms with van der Waals surface area (Å²) in [6, 6.07) is 6.54. The quantitative estimate of drug-likeness (QED) is 0.803. The molecule has 1 aromatic rings. The fourth-order valence-electron chi connectivity index (χ4n) is 1.88. The van der Waals surface area contributed by atoms with Crippen LogP contribution in [0.25, 0.3) is 0 Å². The number of aliphatic hydroxyl groups is 1. The maximum absolute atomic E-state index is 12.3. The van der Waals surface area contributed by atoms with E-state index in [4.69, 9.17) is 9.84 Å². The highest BCUT2D eigenvalue weighted by atomic mass is 32.2. The van der Waals surface area contributed by atoms with Gasteiger partial charge < -0.3 is 15.2 Å². The zero-order chi connectivity index (χ0) is 13.7. The summed E-state index contributed by atoms with van der Waals surface area (Å²) in [4.78, 5) is 0.281. The average Bonchev–Trinajstić information content (AvgIpc) is 2.46. The molecule has 0 saturated carbocycles. The molecule has 7 heteroatoms. The predicted octanol–water partition coefficient (Wildman–Crippen LogP) is 0.112. The zero-order valence-electron chi connectivity index (χ0n) is 10.6. The molecule has 0 spiro atoms. The number of ether oxygens (including phenoxy) is 1. The molecule has 1 aromatic carbocycles. The van der Waals surface area contributed by atoms with Crippen molar-refractivity contribution in [1.29, 1.82) is 0 Å². The molecule has 6 nitrogen and oxygen atoms in total. The molecule has 106 valence electrons. The van der Waals surface area contributed by atoms with Crippen molar-refractivity contribution in [3.63, 3.8) is 0 Å². The van der Waals surface area contributed by atoms with Crippen LogP contribution in [0.1, 0.15) is 0 Å². The largest absolute Gasteiger partial charge is 0.395 e. The van der Waals surface area contributed by atoms with E-state index >= 15 is 0 Å². The van der Waals surface area contributed by atoms with Crippen molar-refractivity contribution in [3.8, 4) is 0 Å².